The molecule has 0 bridgehead atoms. The molecule has 3 rings (SSSR count). The van der Waals surface area contributed by atoms with Crippen LogP contribution in [-0.2, 0) is 4.79 Å². The highest BCUT2D eigenvalue weighted by atomic mass is 35.5. The summed E-state index contributed by atoms with van der Waals surface area (Å²) >= 11 is 18.7. The Labute approximate surface area is 170 Å². The molecule has 8 heteroatoms. The van der Waals surface area contributed by atoms with Crippen LogP contribution in [0.15, 0.2) is 41.3 Å². The lowest BCUT2D eigenvalue weighted by atomic mass is 10.1. The number of carbonyl (C=O) groups is 1. The lowest BCUT2D eigenvalue weighted by Gasteiger charge is -2.15. The Kier molecular flexibility index (Phi) is 5.77. The Bertz CT molecular complexity index is 910. The molecule has 1 saturated heterocycles. The van der Waals surface area contributed by atoms with Gasteiger partial charge < -0.3 is 9.47 Å². The summed E-state index contributed by atoms with van der Waals surface area (Å²) in [6.45, 7) is 0. The highest BCUT2D eigenvalue weighted by molar-refractivity contribution is 8.27. The van der Waals surface area contributed by atoms with Crippen LogP contribution in [0, 0.1) is 0 Å². The summed E-state index contributed by atoms with van der Waals surface area (Å²) in [5, 5.41) is 0.861. The molecule has 0 atom stereocenters. The third-order valence-corrected chi connectivity index (χ3v) is 5.36. The van der Waals surface area contributed by atoms with Crippen molar-refractivity contribution in [2.45, 2.75) is 0 Å². The number of halogens is 2. The fourth-order valence-electron chi connectivity index (χ4n) is 2.45. The van der Waals surface area contributed by atoms with Crippen molar-refractivity contribution in [3.63, 3.8) is 0 Å². The van der Waals surface area contributed by atoms with Gasteiger partial charge >= 0.3 is 0 Å². The summed E-state index contributed by atoms with van der Waals surface area (Å²) in [5.41, 5.74) is 1.25. The first-order valence-corrected chi connectivity index (χ1v) is 9.37. The van der Waals surface area contributed by atoms with Crippen molar-refractivity contribution < 1.29 is 14.3 Å². The van der Waals surface area contributed by atoms with E-state index in [1.165, 1.54) is 16.7 Å². The first-order chi connectivity index (χ1) is 12.4. The Morgan fingerprint density at radius 2 is 1.77 bits per heavy atom. The number of hydrogen-bond donors (Lipinski definition) is 0. The van der Waals surface area contributed by atoms with Gasteiger partial charge in [-0.2, -0.15) is 0 Å². The molecule has 2 aromatic carbocycles. The average molecular weight is 426 g/mol. The molecule has 134 valence electrons. The monoisotopic (exact) mass is 425 g/mol. The van der Waals surface area contributed by atoms with E-state index < -0.39 is 0 Å². The fourth-order valence-corrected chi connectivity index (χ4v) is 4.26. The number of carbonyl (C=O) groups excluding carboxylic acids is 1. The lowest BCUT2D eigenvalue weighted by Crippen LogP contribution is -2.27. The number of anilines is 1. The minimum absolute atomic E-state index is 0.247. The van der Waals surface area contributed by atoms with Gasteiger partial charge in [0.05, 0.1) is 24.8 Å². The second-order valence-corrected chi connectivity index (χ2v) is 7.80. The zero-order valence-electron chi connectivity index (χ0n) is 13.8. The smallest absolute Gasteiger partial charge is 0.270 e. The number of thioether (sulfide) groups is 1. The summed E-state index contributed by atoms with van der Waals surface area (Å²) in [5.74, 6) is 1.04. The van der Waals surface area contributed by atoms with Gasteiger partial charge in [0.15, 0.2) is 4.32 Å². The van der Waals surface area contributed by atoms with Gasteiger partial charge in [0.2, 0.25) is 0 Å². The van der Waals surface area contributed by atoms with E-state index in [4.69, 9.17) is 44.9 Å². The van der Waals surface area contributed by atoms with Gasteiger partial charge in [-0.1, -0.05) is 47.2 Å². The molecule has 0 aliphatic carbocycles. The van der Waals surface area contributed by atoms with E-state index >= 15 is 0 Å². The fraction of sp³-hybridized carbons (Fsp3) is 0.111. The first-order valence-electron chi connectivity index (χ1n) is 7.39. The second kappa shape index (κ2) is 7.88. The van der Waals surface area contributed by atoms with Crippen molar-refractivity contribution >= 4 is 69.2 Å². The molecule has 1 heterocycles. The van der Waals surface area contributed by atoms with Gasteiger partial charge in [-0.3, -0.25) is 9.69 Å². The van der Waals surface area contributed by atoms with Crippen LogP contribution in [0.1, 0.15) is 5.56 Å². The normalized spacial score (nSPS) is 15.7. The molecule has 0 N–H and O–H groups in total. The van der Waals surface area contributed by atoms with E-state index in [-0.39, 0.29) is 5.91 Å². The van der Waals surface area contributed by atoms with Crippen molar-refractivity contribution in [3.05, 3.63) is 56.9 Å². The number of benzene rings is 2. The van der Waals surface area contributed by atoms with Crippen molar-refractivity contribution in [2.24, 2.45) is 0 Å². The maximum Gasteiger partial charge on any atom is 0.270 e. The molecular formula is C18H13Cl2NO3S2. The molecule has 1 amide bonds. The van der Waals surface area contributed by atoms with Crippen molar-refractivity contribution in [2.75, 3.05) is 19.1 Å². The summed E-state index contributed by atoms with van der Waals surface area (Å²) < 4.78 is 11.0. The zero-order valence-corrected chi connectivity index (χ0v) is 16.9. The van der Waals surface area contributed by atoms with E-state index in [2.05, 4.69) is 0 Å². The van der Waals surface area contributed by atoms with Crippen LogP contribution in [0.25, 0.3) is 6.08 Å². The summed E-state index contributed by atoms with van der Waals surface area (Å²) in [7, 11) is 3.15. The molecule has 1 fully saturated rings. The van der Waals surface area contributed by atoms with Crippen molar-refractivity contribution in [1.29, 1.82) is 0 Å². The third-order valence-electron chi connectivity index (χ3n) is 3.62. The number of thiocarbonyl (C=S) groups is 1. The van der Waals surface area contributed by atoms with Crippen LogP contribution in [0.4, 0.5) is 5.69 Å². The van der Waals surface area contributed by atoms with Crippen molar-refractivity contribution in [1.82, 2.24) is 0 Å². The Morgan fingerprint density at radius 3 is 2.38 bits per heavy atom. The zero-order chi connectivity index (χ0) is 18.8. The summed E-state index contributed by atoms with van der Waals surface area (Å²) in [4.78, 5) is 14.8. The maximum absolute atomic E-state index is 12.9. The molecule has 0 spiro atoms. The largest absolute Gasteiger partial charge is 0.497 e. The highest BCUT2D eigenvalue weighted by Gasteiger charge is 2.33. The molecule has 26 heavy (non-hydrogen) atoms. The summed E-state index contributed by atoms with van der Waals surface area (Å²) in [6, 6.07) is 10.3. The van der Waals surface area contributed by atoms with E-state index in [9.17, 15) is 4.79 Å². The quantitative estimate of drug-likeness (QED) is 0.483. The van der Waals surface area contributed by atoms with Crippen LogP contribution in [-0.4, -0.2) is 24.4 Å². The topological polar surface area (TPSA) is 38.8 Å². The van der Waals surface area contributed by atoms with Crippen LogP contribution < -0.4 is 14.4 Å². The molecule has 0 aromatic heterocycles. The molecule has 0 saturated carbocycles. The van der Waals surface area contributed by atoms with E-state index in [1.807, 2.05) is 0 Å². The van der Waals surface area contributed by atoms with E-state index in [0.717, 1.165) is 5.56 Å². The van der Waals surface area contributed by atoms with Crippen LogP contribution in [0.3, 0.4) is 0 Å². The van der Waals surface area contributed by atoms with Crippen LogP contribution in [0.2, 0.25) is 10.0 Å². The number of ether oxygens (including phenoxy) is 2. The van der Waals surface area contributed by atoms with Gasteiger partial charge in [0, 0.05) is 15.6 Å². The minimum Gasteiger partial charge on any atom is -0.497 e. The highest BCUT2D eigenvalue weighted by Crippen LogP contribution is 2.39. The van der Waals surface area contributed by atoms with Gasteiger partial charge in [-0.25, -0.2) is 0 Å². The number of amides is 1. The van der Waals surface area contributed by atoms with Crippen molar-refractivity contribution in [3.8, 4) is 11.5 Å². The van der Waals surface area contributed by atoms with Gasteiger partial charge in [-0.15, -0.1) is 0 Å². The third kappa shape index (κ3) is 3.83. The first kappa shape index (κ1) is 19.0. The molecule has 4 nitrogen and oxygen atoms in total. The number of rotatable bonds is 4. The second-order valence-electron chi connectivity index (χ2n) is 5.25. The lowest BCUT2D eigenvalue weighted by molar-refractivity contribution is -0.113. The Morgan fingerprint density at radius 1 is 1.08 bits per heavy atom. The van der Waals surface area contributed by atoms with Gasteiger partial charge in [0.25, 0.3) is 5.91 Å². The molecule has 0 unspecified atom stereocenters. The molecule has 0 radical (unpaired) electrons. The summed E-state index contributed by atoms with van der Waals surface area (Å²) in [6.07, 6.45) is 1.73. The van der Waals surface area contributed by atoms with Crippen LogP contribution in [0.5, 0.6) is 11.5 Å². The SMILES string of the molecule is COc1ccc(OC)c(/C=C2/SC(=S)N(c3cc(Cl)cc(Cl)c3)C2=O)c1. The van der Waals surface area contributed by atoms with E-state index in [0.29, 0.717) is 36.5 Å². The predicted octanol–water partition coefficient (Wildman–Crippen LogP) is 5.42. The molecule has 1 aliphatic rings. The average Bonchev–Trinajstić information content (AvgIpc) is 2.87. The van der Waals surface area contributed by atoms with Gasteiger partial charge in [-0.05, 0) is 42.5 Å². The maximum atomic E-state index is 12.9. The minimum atomic E-state index is -0.247. The molecule has 2 aromatic rings. The standard InChI is InChI=1S/C18H13Cl2NO3S2/c1-23-14-3-4-15(24-2)10(5-14)6-16-17(22)21(18(25)26-16)13-8-11(19)7-12(20)9-13/h3-9H,1-2H3/b16-6+. The van der Waals surface area contributed by atoms with Gasteiger partial charge in [0.1, 0.15) is 11.5 Å². The molecule has 1 aliphatic heterocycles. The Balaban J connectivity index is 2.00. The molecular weight excluding hydrogens is 413 g/mol. The number of methoxy groups -OCH3 is 2. The van der Waals surface area contributed by atoms with E-state index in [1.54, 1.807) is 56.7 Å². The predicted molar refractivity (Wildman–Crippen MR) is 112 cm³/mol. The number of nitrogens with zero attached hydrogens (tertiary/aromatic N) is 1. The van der Waals surface area contributed by atoms with Crippen LogP contribution >= 0.6 is 47.2 Å². The number of hydrogen-bond acceptors (Lipinski definition) is 5. The Hall–Kier alpha value is -1.73.